The van der Waals surface area contributed by atoms with E-state index in [9.17, 15) is 28.8 Å². The van der Waals surface area contributed by atoms with Gasteiger partial charge in [0, 0.05) is 5.69 Å². The van der Waals surface area contributed by atoms with Crippen molar-refractivity contribution in [3.05, 3.63) is 54.1 Å². The topological polar surface area (TPSA) is 146 Å². The minimum Gasteiger partial charge on any atom is -0.462 e. The van der Waals surface area contributed by atoms with Crippen molar-refractivity contribution in [3.63, 3.8) is 0 Å². The van der Waals surface area contributed by atoms with E-state index in [1.165, 1.54) is 36.4 Å². The zero-order chi connectivity index (χ0) is 21.2. The standard InChI is InChI=1S/C19H23NO8S/c1-11-2-8-14(9-3-11)29(25,26)20-12-4-6-13(7-5-12)27-19-18(24)17(23)16(22)15(10-21)28-19/h2-9,15-24H,10H2,1H3/t15-,16-,17+,18-,19+/m0/s1. The molecule has 29 heavy (non-hydrogen) atoms. The Morgan fingerprint density at radius 2 is 1.59 bits per heavy atom. The quantitative estimate of drug-likeness (QED) is 0.434. The molecule has 9 nitrogen and oxygen atoms in total. The lowest BCUT2D eigenvalue weighted by Gasteiger charge is -2.39. The van der Waals surface area contributed by atoms with Crippen molar-refractivity contribution in [2.24, 2.45) is 0 Å². The van der Waals surface area contributed by atoms with Crippen molar-refractivity contribution >= 4 is 15.7 Å². The lowest BCUT2D eigenvalue weighted by Crippen LogP contribution is -2.60. The van der Waals surface area contributed by atoms with Gasteiger partial charge in [-0.05, 0) is 43.3 Å². The summed E-state index contributed by atoms with van der Waals surface area (Å²) in [5.74, 6) is 0.229. The highest BCUT2D eigenvalue weighted by Crippen LogP contribution is 2.26. The first kappa shape index (κ1) is 21.5. The van der Waals surface area contributed by atoms with Gasteiger partial charge in [-0.1, -0.05) is 17.7 Å². The summed E-state index contributed by atoms with van der Waals surface area (Å²) < 4.78 is 38.0. The monoisotopic (exact) mass is 425 g/mol. The number of benzene rings is 2. The number of aryl methyl sites for hydroxylation is 1. The number of hydrogen-bond donors (Lipinski definition) is 5. The third-order valence-corrected chi connectivity index (χ3v) is 5.94. The smallest absolute Gasteiger partial charge is 0.261 e. The SMILES string of the molecule is Cc1ccc(S(=O)(=O)Nc2ccc(O[C@@H]3O[C@@H](CO)[C@H](O)[C@@H](O)[C@@H]3O)cc2)cc1. The molecule has 0 amide bonds. The van der Waals surface area contributed by atoms with Gasteiger partial charge in [0.15, 0.2) is 0 Å². The van der Waals surface area contributed by atoms with Crippen LogP contribution in [0.3, 0.4) is 0 Å². The average Bonchev–Trinajstić information content (AvgIpc) is 2.70. The maximum atomic E-state index is 12.4. The van der Waals surface area contributed by atoms with Gasteiger partial charge in [-0.2, -0.15) is 0 Å². The molecule has 1 aliphatic rings. The van der Waals surface area contributed by atoms with Crippen LogP contribution in [0.2, 0.25) is 0 Å². The van der Waals surface area contributed by atoms with Crippen molar-refractivity contribution in [2.75, 3.05) is 11.3 Å². The molecule has 5 atom stereocenters. The molecule has 1 aliphatic heterocycles. The van der Waals surface area contributed by atoms with Crippen LogP contribution < -0.4 is 9.46 Å². The van der Waals surface area contributed by atoms with Crippen LogP contribution in [0.4, 0.5) is 5.69 Å². The summed E-state index contributed by atoms with van der Waals surface area (Å²) in [5.41, 5.74) is 1.24. The Kier molecular flexibility index (Phi) is 6.42. The Morgan fingerprint density at radius 3 is 2.17 bits per heavy atom. The Balaban J connectivity index is 1.68. The van der Waals surface area contributed by atoms with Gasteiger partial charge in [0.25, 0.3) is 10.0 Å². The first-order chi connectivity index (χ1) is 13.7. The molecule has 0 spiro atoms. The highest BCUT2D eigenvalue weighted by atomic mass is 32.2. The van der Waals surface area contributed by atoms with Gasteiger partial charge < -0.3 is 29.9 Å². The third-order valence-electron chi connectivity index (χ3n) is 4.54. The van der Waals surface area contributed by atoms with E-state index >= 15 is 0 Å². The van der Waals surface area contributed by atoms with Gasteiger partial charge in [0.05, 0.1) is 11.5 Å². The van der Waals surface area contributed by atoms with Crippen LogP contribution in [-0.2, 0) is 14.8 Å². The second-order valence-electron chi connectivity index (χ2n) is 6.76. The number of aliphatic hydroxyl groups is 4. The summed E-state index contributed by atoms with van der Waals surface area (Å²) in [5, 5.41) is 38.8. The molecule has 0 radical (unpaired) electrons. The van der Waals surface area contributed by atoms with E-state index in [4.69, 9.17) is 9.47 Å². The molecular weight excluding hydrogens is 402 g/mol. The largest absolute Gasteiger partial charge is 0.462 e. The molecule has 158 valence electrons. The van der Waals surface area contributed by atoms with Crippen molar-refractivity contribution in [3.8, 4) is 5.75 Å². The molecule has 0 saturated carbocycles. The minimum absolute atomic E-state index is 0.129. The van der Waals surface area contributed by atoms with Crippen LogP contribution >= 0.6 is 0 Å². The van der Waals surface area contributed by atoms with E-state index in [-0.39, 0.29) is 10.6 Å². The van der Waals surface area contributed by atoms with Crippen molar-refractivity contribution < 1.29 is 38.3 Å². The van der Waals surface area contributed by atoms with Gasteiger partial charge in [-0.25, -0.2) is 8.42 Å². The zero-order valence-electron chi connectivity index (χ0n) is 15.5. The fourth-order valence-corrected chi connectivity index (χ4v) is 3.89. The molecule has 0 aliphatic carbocycles. The van der Waals surface area contributed by atoms with Crippen molar-refractivity contribution in [2.45, 2.75) is 42.5 Å². The van der Waals surface area contributed by atoms with Gasteiger partial charge in [-0.15, -0.1) is 0 Å². The number of nitrogens with one attached hydrogen (secondary N) is 1. The second kappa shape index (κ2) is 8.66. The van der Waals surface area contributed by atoms with E-state index in [2.05, 4.69) is 4.72 Å². The molecule has 3 rings (SSSR count). The fraction of sp³-hybridized carbons (Fsp3) is 0.368. The number of aliphatic hydroxyl groups excluding tert-OH is 4. The van der Waals surface area contributed by atoms with E-state index in [1.54, 1.807) is 12.1 Å². The molecule has 1 saturated heterocycles. The molecule has 0 aromatic heterocycles. The van der Waals surface area contributed by atoms with E-state index < -0.39 is 47.3 Å². The third kappa shape index (κ3) is 4.86. The van der Waals surface area contributed by atoms with Crippen LogP contribution in [0.1, 0.15) is 5.56 Å². The van der Waals surface area contributed by atoms with Gasteiger partial charge in [0.2, 0.25) is 6.29 Å². The Hall–Kier alpha value is -2.21. The minimum atomic E-state index is -3.75. The summed E-state index contributed by atoms with van der Waals surface area (Å²) in [6.45, 7) is 1.29. The normalized spacial score (nSPS) is 27.4. The molecule has 1 fully saturated rings. The molecule has 10 heteroatoms. The Labute approximate surface area is 168 Å². The molecule has 2 aromatic rings. The van der Waals surface area contributed by atoms with Crippen LogP contribution in [0.25, 0.3) is 0 Å². The Bertz CT molecular complexity index is 914. The Morgan fingerprint density at radius 1 is 0.966 bits per heavy atom. The molecule has 5 N–H and O–H groups in total. The average molecular weight is 425 g/mol. The lowest BCUT2D eigenvalue weighted by atomic mass is 9.99. The number of hydrogen-bond acceptors (Lipinski definition) is 8. The van der Waals surface area contributed by atoms with Gasteiger partial charge >= 0.3 is 0 Å². The molecular formula is C19H23NO8S. The molecule has 0 bridgehead atoms. The van der Waals surface area contributed by atoms with E-state index in [0.717, 1.165) is 5.56 Å². The van der Waals surface area contributed by atoms with Crippen LogP contribution in [0.15, 0.2) is 53.4 Å². The number of sulfonamides is 1. The van der Waals surface area contributed by atoms with Crippen molar-refractivity contribution in [1.82, 2.24) is 0 Å². The van der Waals surface area contributed by atoms with Crippen molar-refractivity contribution in [1.29, 1.82) is 0 Å². The summed E-state index contributed by atoms with van der Waals surface area (Å²) in [4.78, 5) is 0.129. The molecule has 0 unspecified atom stereocenters. The fourth-order valence-electron chi connectivity index (χ4n) is 2.83. The van der Waals surface area contributed by atoms with Gasteiger partial charge in [0.1, 0.15) is 30.2 Å². The second-order valence-corrected chi connectivity index (χ2v) is 8.44. The maximum absolute atomic E-state index is 12.4. The predicted octanol–water partition coefficient (Wildman–Crippen LogP) is -0.0255. The number of rotatable bonds is 6. The highest BCUT2D eigenvalue weighted by molar-refractivity contribution is 7.92. The van der Waals surface area contributed by atoms with Crippen LogP contribution in [0, 0.1) is 6.92 Å². The summed E-state index contributed by atoms with van der Waals surface area (Å²) in [6, 6.07) is 12.2. The number of anilines is 1. The summed E-state index contributed by atoms with van der Waals surface area (Å²) in [7, 11) is -3.75. The highest BCUT2D eigenvalue weighted by Gasteiger charge is 2.44. The first-order valence-corrected chi connectivity index (χ1v) is 10.4. The van der Waals surface area contributed by atoms with E-state index in [1.807, 2.05) is 6.92 Å². The van der Waals surface area contributed by atoms with Crippen LogP contribution in [-0.4, -0.2) is 66.2 Å². The zero-order valence-corrected chi connectivity index (χ0v) is 16.4. The summed E-state index contributed by atoms with van der Waals surface area (Å²) >= 11 is 0. The predicted molar refractivity (Wildman–Crippen MR) is 103 cm³/mol. The molecule has 1 heterocycles. The summed E-state index contributed by atoms with van der Waals surface area (Å²) in [6.07, 6.45) is -6.97. The van der Waals surface area contributed by atoms with E-state index in [0.29, 0.717) is 5.69 Å². The molecule has 2 aromatic carbocycles. The van der Waals surface area contributed by atoms with Gasteiger partial charge in [-0.3, -0.25) is 4.72 Å². The van der Waals surface area contributed by atoms with Crippen LogP contribution in [0.5, 0.6) is 5.75 Å². The lowest BCUT2D eigenvalue weighted by molar-refractivity contribution is -0.277. The maximum Gasteiger partial charge on any atom is 0.261 e. The number of ether oxygens (including phenoxy) is 2. The first-order valence-electron chi connectivity index (χ1n) is 8.88.